The van der Waals surface area contributed by atoms with Gasteiger partial charge in [-0.25, -0.2) is 4.98 Å². The Kier molecular flexibility index (Phi) is 3.17. The molecule has 86 valence electrons. The van der Waals surface area contributed by atoms with E-state index in [4.69, 9.17) is 5.26 Å². The molecule has 1 heterocycles. The van der Waals surface area contributed by atoms with Gasteiger partial charge in [0.15, 0.2) is 11.9 Å². The van der Waals surface area contributed by atoms with Crippen molar-refractivity contribution in [3.63, 3.8) is 0 Å². The number of nitriles is 1. The minimum absolute atomic E-state index is 0.0695. The van der Waals surface area contributed by atoms with Crippen LogP contribution in [0.25, 0.3) is 0 Å². The average molecular weight is 231 g/mol. The molecule has 0 spiro atoms. The van der Waals surface area contributed by atoms with Crippen molar-refractivity contribution in [2.45, 2.75) is 6.18 Å². The first kappa shape index (κ1) is 12.0. The predicted octanol–water partition coefficient (Wildman–Crippen LogP) is 1.45. The zero-order valence-electron chi connectivity index (χ0n) is 8.50. The first-order valence-corrected chi connectivity index (χ1v) is 4.13. The first-order valence-electron chi connectivity index (χ1n) is 4.13. The van der Waals surface area contributed by atoms with Crippen LogP contribution in [-0.4, -0.2) is 24.1 Å². The van der Waals surface area contributed by atoms with E-state index >= 15 is 0 Å². The molecule has 1 aromatic rings. The second kappa shape index (κ2) is 4.22. The summed E-state index contributed by atoms with van der Waals surface area (Å²) in [6, 6.07) is 0.808. The molecule has 16 heavy (non-hydrogen) atoms. The highest BCUT2D eigenvalue weighted by molar-refractivity contribution is 5.45. The monoisotopic (exact) mass is 231 g/mol. The minimum Gasteiger partial charge on any atom is -0.363 e. The van der Waals surface area contributed by atoms with Gasteiger partial charge in [0.2, 0.25) is 5.95 Å². The van der Waals surface area contributed by atoms with Gasteiger partial charge >= 0.3 is 6.18 Å². The molecule has 0 amide bonds. The molecule has 0 radical (unpaired) electrons. The van der Waals surface area contributed by atoms with Gasteiger partial charge in [-0.3, -0.25) is 5.32 Å². The average Bonchev–Trinajstić information content (AvgIpc) is 2.16. The summed E-state index contributed by atoms with van der Waals surface area (Å²) >= 11 is 0. The lowest BCUT2D eigenvalue weighted by Crippen LogP contribution is -2.16. The second-order valence-corrected chi connectivity index (χ2v) is 3.06. The number of aromatic nitrogens is 2. The van der Waals surface area contributed by atoms with E-state index in [1.807, 2.05) is 5.32 Å². The quantitative estimate of drug-likeness (QED) is 0.616. The molecule has 0 saturated heterocycles. The van der Waals surface area contributed by atoms with E-state index in [2.05, 4.69) is 9.97 Å². The normalized spacial score (nSPS) is 10.8. The summed E-state index contributed by atoms with van der Waals surface area (Å²) in [5.74, 6) is -0.305. The third-order valence-electron chi connectivity index (χ3n) is 1.63. The third-order valence-corrected chi connectivity index (χ3v) is 1.63. The molecule has 1 aromatic heterocycles. The van der Waals surface area contributed by atoms with E-state index in [9.17, 15) is 13.2 Å². The molecule has 0 fully saturated rings. The van der Waals surface area contributed by atoms with Crippen molar-refractivity contribution in [1.82, 2.24) is 9.97 Å². The predicted molar refractivity (Wildman–Crippen MR) is 50.6 cm³/mol. The molecule has 8 heteroatoms. The summed E-state index contributed by atoms with van der Waals surface area (Å²) in [7, 11) is 3.08. The summed E-state index contributed by atoms with van der Waals surface area (Å²) in [5.41, 5.74) is -1.09. The molecule has 0 aliphatic carbocycles. The van der Waals surface area contributed by atoms with Crippen LogP contribution in [-0.2, 0) is 6.18 Å². The highest BCUT2D eigenvalue weighted by Crippen LogP contribution is 2.30. The number of alkyl halides is 3. The van der Waals surface area contributed by atoms with E-state index < -0.39 is 11.9 Å². The Morgan fingerprint density at radius 2 is 2.00 bits per heavy atom. The van der Waals surface area contributed by atoms with Crippen LogP contribution >= 0.6 is 0 Å². The van der Waals surface area contributed by atoms with Crippen LogP contribution in [0.1, 0.15) is 5.69 Å². The minimum atomic E-state index is -4.57. The topological polar surface area (TPSA) is 64.8 Å². The highest BCUT2D eigenvalue weighted by Gasteiger charge is 2.33. The lowest BCUT2D eigenvalue weighted by Gasteiger charge is -2.14. The van der Waals surface area contributed by atoms with Crippen LogP contribution in [0, 0.1) is 11.5 Å². The van der Waals surface area contributed by atoms with Gasteiger partial charge in [-0.1, -0.05) is 0 Å². The Labute approximate surface area is 89.5 Å². The van der Waals surface area contributed by atoms with Crippen LogP contribution in [0.2, 0.25) is 0 Å². The summed E-state index contributed by atoms with van der Waals surface area (Å²) in [6.07, 6.45) is -3.10. The number of hydrogen-bond acceptors (Lipinski definition) is 5. The van der Waals surface area contributed by atoms with Gasteiger partial charge in [0.1, 0.15) is 5.82 Å². The van der Waals surface area contributed by atoms with Crippen molar-refractivity contribution in [1.29, 1.82) is 5.26 Å². The Bertz CT molecular complexity index is 421. The Morgan fingerprint density at radius 3 is 2.44 bits per heavy atom. The highest BCUT2D eigenvalue weighted by atomic mass is 19.4. The SMILES string of the molecule is CN(C)c1cc(C(F)(F)F)nc(NC#N)n1. The first-order chi connectivity index (χ1) is 7.34. The molecule has 0 atom stereocenters. The van der Waals surface area contributed by atoms with Crippen LogP contribution in [0.15, 0.2) is 6.07 Å². The summed E-state index contributed by atoms with van der Waals surface area (Å²) in [5, 5.41) is 10.3. The van der Waals surface area contributed by atoms with Crippen LogP contribution in [0.4, 0.5) is 24.9 Å². The van der Waals surface area contributed by atoms with Crippen molar-refractivity contribution >= 4 is 11.8 Å². The smallest absolute Gasteiger partial charge is 0.363 e. The number of nitrogens with one attached hydrogen (secondary N) is 1. The fraction of sp³-hybridized carbons (Fsp3) is 0.375. The lowest BCUT2D eigenvalue weighted by molar-refractivity contribution is -0.141. The zero-order valence-corrected chi connectivity index (χ0v) is 8.50. The number of nitrogens with zero attached hydrogens (tertiary/aromatic N) is 4. The maximum atomic E-state index is 12.4. The van der Waals surface area contributed by atoms with E-state index in [-0.39, 0.29) is 11.8 Å². The maximum Gasteiger partial charge on any atom is 0.433 e. The van der Waals surface area contributed by atoms with Gasteiger partial charge in [0.05, 0.1) is 0 Å². The number of hydrogen-bond donors (Lipinski definition) is 1. The van der Waals surface area contributed by atoms with Gasteiger partial charge in [0, 0.05) is 20.2 Å². The van der Waals surface area contributed by atoms with Gasteiger partial charge in [-0.15, -0.1) is 0 Å². The molecule has 0 aromatic carbocycles. The molecule has 1 N–H and O–H groups in total. The van der Waals surface area contributed by atoms with Crippen molar-refractivity contribution in [2.75, 3.05) is 24.3 Å². The number of rotatable bonds is 2. The molecule has 0 bridgehead atoms. The standard InChI is InChI=1S/C8H8F3N5/c1-16(2)6-3-5(8(9,10)11)14-7(15-6)13-4-12/h3H,1-2H3,(H,13,14,15). The van der Waals surface area contributed by atoms with E-state index in [1.54, 1.807) is 14.1 Å². The fourth-order valence-corrected chi connectivity index (χ4v) is 0.915. The molecule has 0 aliphatic heterocycles. The Balaban J connectivity index is 3.25. The van der Waals surface area contributed by atoms with Crippen molar-refractivity contribution < 1.29 is 13.2 Å². The maximum absolute atomic E-state index is 12.4. The molecular weight excluding hydrogens is 223 g/mol. The largest absolute Gasteiger partial charge is 0.433 e. The third kappa shape index (κ3) is 2.73. The molecule has 1 rings (SSSR count). The van der Waals surface area contributed by atoms with Gasteiger partial charge in [-0.05, 0) is 0 Å². The molecular formula is C8H8F3N5. The van der Waals surface area contributed by atoms with Crippen molar-refractivity contribution in [3.05, 3.63) is 11.8 Å². The second-order valence-electron chi connectivity index (χ2n) is 3.06. The zero-order chi connectivity index (χ0) is 12.3. The van der Waals surface area contributed by atoms with Crippen LogP contribution in [0.3, 0.4) is 0 Å². The molecule has 5 nitrogen and oxygen atoms in total. The van der Waals surface area contributed by atoms with Crippen molar-refractivity contribution in [2.24, 2.45) is 0 Å². The Hall–Kier alpha value is -2.04. The summed E-state index contributed by atoms with van der Waals surface area (Å²) in [4.78, 5) is 8.29. The number of halogens is 3. The summed E-state index contributed by atoms with van der Waals surface area (Å²) < 4.78 is 37.3. The van der Waals surface area contributed by atoms with E-state index in [0.717, 1.165) is 6.07 Å². The van der Waals surface area contributed by atoms with Crippen LogP contribution in [0.5, 0.6) is 0 Å². The Morgan fingerprint density at radius 1 is 1.38 bits per heavy atom. The fourth-order valence-electron chi connectivity index (χ4n) is 0.915. The van der Waals surface area contributed by atoms with Crippen LogP contribution < -0.4 is 10.2 Å². The van der Waals surface area contributed by atoms with Gasteiger partial charge < -0.3 is 4.90 Å². The molecule has 0 aliphatic rings. The summed E-state index contributed by atoms with van der Waals surface area (Å²) in [6.45, 7) is 0. The van der Waals surface area contributed by atoms with Gasteiger partial charge in [-0.2, -0.15) is 23.4 Å². The lowest BCUT2D eigenvalue weighted by atomic mass is 10.3. The van der Waals surface area contributed by atoms with Crippen molar-refractivity contribution in [3.8, 4) is 6.19 Å². The van der Waals surface area contributed by atoms with E-state index in [0.29, 0.717) is 0 Å². The molecule has 0 unspecified atom stereocenters. The van der Waals surface area contributed by atoms with Gasteiger partial charge in [0.25, 0.3) is 0 Å². The molecule has 0 saturated carbocycles. The number of anilines is 2. The van der Waals surface area contributed by atoms with E-state index in [1.165, 1.54) is 11.1 Å².